The molecule has 0 aromatic carbocycles. The first kappa shape index (κ1) is 17.7. The van der Waals surface area contributed by atoms with Crippen molar-refractivity contribution in [2.24, 2.45) is 5.73 Å². The topological polar surface area (TPSA) is 83.6 Å². The average Bonchev–Trinajstić information content (AvgIpc) is 2.00. The monoisotopic (exact) mass is 235 g/mol. The third kappa shape index (κ3) is 23.3. The van der Waals surface area contributed by atoms with Gasteiger partial charge in [-0.05, 0) is 19.8 Å². The van der Waals surface area contributed by atoms with Crippen LogP contribution < -0.4 is 5.73 Å². The maximum absolute atomic E-state index is 9.94. The van der Waals surface area contributed by atoms with Crippen LogP contribution in [0.5, 0.6) is 0 Å². The molecule has 0 rings (SSSR count). The van der Waals surface area contributed by atoms with Crippen molar-refractivity contribution in [1.82, 2.24) is 0 Å². The standard InChI is InChI=1S/C6H13NO2.C5H14NO/c1-5(7)3-2-4-6(8)9;1-6(2,3)4-5-7/h5H,2-4,7H2,1H3,(H,8,9);7H,4-5H2,1-3H3/q;+1. The van der Waals surface area contributed by atoms with E-state index in [4.69, 9.17) is 15.9 Å². The molecule has 98 valence electrons. The fraction of sp³-hybridized carbons (Fsp3) is 0.909. The van der Waals surface area contributed by atoms with Crippen LogP contribution in [0.2, 0.25) is 0 Å². The lowest BCUT2D eigenvalue weighted by atomic mass is 10.1. The number of aliphatic hydroxyl groups is 1. The number of likely N-dealkylation sites (N-methyl/N-ethyl adjacent to an activating group) is 1. The first-order valence-corrected chi connectivity index (χ1v) is 5.57. The summed E-state index contributed by atoms with van der Waals surface area (Å²) in [6.45, 7) is 2.99. The zero-order valence-electron chi connectivity index (χ0n) is 10.9. The van der Waals surface area contributed by atoms with Gasteiger partial charge in [0.2, 0.25) is 0 Å². The highest BCUT2D eigenvalue weighted by Crippen LogP contribution is 1.97. The van der Waals surface area contributed by atoms with E-state index < -0.39 is 5.97 Å². The molecule has 0 spiro atoms. The first-order chi connectivity index (χ1) is 7.19. The van der Waals surface area contributed by atoms with Gasteiger partial charge >= 0.3 is 5.97 Å². The lowest BCUT2D eigenvalue weighted by molar-refractivity contribution is -0.870. The number of nitrogens with zero attached hydrogens (tertiary/aromatic N) is 1. The maximum Gasteiger partial charge on any atom is 0.303 e. The van der Waals surface area contributed by atoms with Gasteiger partial charge in [0.1, 0.15) is 6.54 Å². The smallest absolute Gasteiger partial charge is 0.303 e. The van der Waals surface area contributed by atoms with Gasteiger partial charge in [0.15, 0.2) is 0 Å². The van der Waals surface area contributed by atoms with E-state index in [1.54, 1.807) is 0 Å². The second-order valence-corrected chi connectivity index (χ2v) is 5.00. The average molecular weight is 235 g/mol. The largest absolute Gasteiger partial charge is 0.481 e. The number of carboxylic acids is 1. The molecule has 1 unspecified atom stereocenters. The molecule has 16 heavy (non-hydrogen) atoms. The molecule has 0 radical (unpaired) electrons. The molecular weight excluding hydrogens is 208 g/mol. The molecule has 0 saturated carbocycles. The molecule has 0 aromatic rings. The molecule has 5 heteroatoms. The van der Waals surface area contributed by atoms with Gasteiger partial charge in [-0.1, -0.05) is 0 Å². The summed E-state index contributed by atoms with van der Waals surface area (Å²) in [5.74, 6) is -0.740. The summed E-state index contributed by atoms with van der Waals surface area (Å²) in [7, 11) is 6.16. The van der Waals surface area contributed by atoms with Crippen molar-refractivity contribution in [3.8, 4) is 0 Å². The fourth-order valence-corrected chi connectivity index (χ4v) is 0.875. The molecule has 0 bridgehead atoms. The zero-order chi connectivity index (χ0) is 13.2. The SMILES string of the molecule is CC(N)CCCC(=O)O.C[N+](C)(C)CCO. The molecule has 0 saturated heterocycles. The summed E-state index contributed by atoms with van der Waals surface area (Å²) in [6, 6.07) is 0.129. The molecule has 0 aromatic heterocycles. The Morgan fingerprint density at radius 2 is 1.88 bits per heavy atom. The van der Waals surface area contributed by atoms with Gasteiger partial charge in [-0.2, -0.15) is 0 Å². The number of carboxylic acid groups (broad SMARTS) is 1. The molecule has 5 nitrogen and oxygen atoms in total. The predicted octanol–water partition coefficient (Wildman–Crippen LogP) is 0.273. The van der Waals surface area contributed by atoms with Crippen molar-refractivity contribution in [2.45, 2.75) is 32.2 Å². The van der Waals surface area contributed by atoms with E-state index in [-0.39, 0.29) is 19.1 Å². The van der Waals surface area contributed by atoms with Crippen LogP contribution >= 0.6 is 0 Å². The van der Waals surface area contributed by atoms with Gasteiger partial charge < -0.3 is 20.4 Å². The van der Waals surface area contributed by atoms with Crippen LogP contribution in [-0.4, -0.2) is 61.0 Å². The van der Waals surface area contributed by atoms with E-state index in [1.165, 1.54) is 0 Å². The van der Waals surface area contributed by atoms with Crippen LogP contribution in [0, 0.1) is 0 Å². The molecule has 0 fully saturated rings. The van der Waals surface area contributed by atoms with Gasteiger partial charge in [-0.3, -0.25) is 4.79 Å². The predicted molar refractivity (Wildman–Crippen MR) is 65.1 cm³/mol. The van der Waals surface area contributed by atoms with Gasteiger partial charge in [0, 0.05) is 12.5 Å². The van der Waals surface area contributed by atoms with E-state index in [2.05, 4.69) is 21.1 Å². The normalized spacial score (nSPS) is 12.6. The summed E-state index contributed by atoms with van der Waals surface area (Å²) in [5.41, 5.74) is 5.39. The lowest BCUT2D eigenvalue weighted by Crippen LogP contribution is -2.36. The summed E-state index contributed by atoms with van der Waals surface area (Å²) in [5, 5.41) is 16.6. The summed E-state index contributed by atoms with van der Waals surface area (Å²) < 4.78 is 0.844. The number of nitrogens with two attached hydrogens (primary N) is 1. The van der Waals surface area contributed by atoms with E-state index >= 15 is 0 Å². The van der Waals surface area contributed by atoms with E-state index in [0.29, 0.717) is 6.42 Å². The molecular formula is C11H27N2O3+. The number of hydrogen-bond donors (Lipinski definition) is 3. The Bertz CT molecular complexity index is 177. The minimum Gasteiger partial charge on any atom is -0.481 e. The summed E-state index contributed by atoms with van der Waals surface area (Å²) in [4.78, 5) is 9.94. The molecule has 0 heterocycles. The highest BCUT2D eigenvalue weighted by atomic mass is 16.4. The van der Waals surface area contributed by atoms with E-state index in [9.17, 15) is 4.79 Å². The lowest BCUT2D eigenvalue weighted by Gasteiger charge is -2.21. The second kappa shape index (κ2) is 9.57. The highest BCUT2D eigenvalue weighted by molar-refractivity contribution is 5.66. The fourth-order valence-electron chi connectivity index (χ4n) is 0.875. The zero-order valence-corrected chi connectivity index (χ0v) is 10.9. The van der Waals surface area contributed by atoms with Crippen LogP contribution in [0.15, 0.2) is 0 Å². The van der Waals surface area contributed by atoms with Crippen LogP contribution in [0.1, 0.15) is 26.2 Å². The molecule has 0 amide bonds. The third-order valence-corrected chi connectivity index (χ3v) is 1.82. The van der Waals surface area contributed by atoms with E-state index in [0.717, 1.165) is 17.4 Å². The summed E-state index contributed by atoms with van der Waals surface area (Å²) >= 11 is 0. The minimum atomic E-state index is -0.740. The third-order valence-electron chi connectivity index (χ3n) is 1.82. The quantitative estimate of drug-likeness (QED) is 0.577. The number of aliphatic hydroxyl groups excluding tert-OH is 1. The Labute approximate surface area is 98.5 Å². The molecule has 0 aliphatic heterocycles. The van der Waals surface area contributed by atoms with E-state index in [1.807, 2.05) is 6.92 Å². The first-order valence-electron chi connectivity index (χ1n) is 5.57. The van der Waals surface area contributed by atoms with Gasteiger partial charge in [-0.25, -0.2) is 0 Å². The van der Waals surface area contributed by atoms with Crippen molar-refractivity contribution in [3.05, 3.63) is 0 Å². The maximum atomic E-state index is 9.94. The van der Waals surface area contributed by atoms with Crippen LogP contribution in [0.25, 0.3) is 0 Å². The Hall–Kier alpha value is -0.650. The number of rotatable bonds is 6. The van der Waals surface area contributed by atoms with Crippen molar-refractivity contribution in [1.29, 1.82) is 0 Å². The van der Waals surface area contributed by atoms with Crippen LogP contribution in [0.4, 0.5) is 0 Å². The number of quaternary nitrogens is 1. The second-order valence-electron chi connectivity index (χ2n) is 5.00. The van der Waals surface area contributed by atoms with Crippen molar-refractivity contribution in [3.63, 3.8) is 0 Å². The Kier molecular flexibility index (Phi) is 10.6. The molecule has 1 atom stereocenters. The van der Waals surface area contributed by atoms with Crippen LogP contribution in [0.3, 0.4) is 0 Å². The summed E-state index contributed by atoms with van der Waals surface area (Å²) in [6.07, 6.45) is 1.72. The van der Waals surface area contributed by atoms with Gasteiger partial charge in [0.05, 0.1) is 27.7 Å². The van der Waals surface area contributed by atoms with Crippen molar-refractivity contribution in [2.75, 3.05) is 34.3 Å². The van der Waals surface area contributed by atoms with Crippen molar-refractivity contribution >= 4 is 5.97 Å². The Balaban J connectivity index is 0. The molecule has 0 aliphatic carbocycles. The minimum absolute atomic E-state index is 0.129. The Morgan fingerprint density at radius 1 is 1.38 bits per heavy atom. The van der Waals surface area contributed by atoms with Crippen molar-refractivity contribution < 1.29 is 19.5 Å². The van der Waals surface area contributed by atoms with Crippen LogP contribution in [-0.2, 0) is 4.79 Å². The highest BCUT2D eigenvalue weighted by Gasteiger charge is 2.02. The molecule has 0 aliphatic rings. The number of aliphatic carboxylic acids is 1. The number of carbonyl (C=O) groups is 1. The van der Waals surface area contributed by atoms with Gasteiger partial charge in [-0.15, -0.1) is 0 Å². The molecule has 4 N–H and O–H groups in total. The Morgan fingerprint density at radius 3 is 2.06 bits per heavy atom. The van der Waals surface area contributed by atoms with Gasteiger partial charge in [0.25, 0.3) is 0 Å². The number of hydrogen-bond acceptors (Lipinski definition) is 3.